The summed E-state index contributed by atoms with van der Waals surface area (Å²) in [7, 11) is 1.52. The number of ketones is 1. The van der Waals surface area contributed by atoms with E-state index in [0.717, 1.165) is 12.1 Å². The molecule has 2 aliphatic carbocycles. The summed E-state index contributed by atoms with van der Waals surface area (Å²) in [6, 6.07) is 9.15. The van der Waals surface area contributed by atoms with Crippen LogP contribution in [-0.2, 0) is 11.0 Å². The number of likely N-dealkylation sites (N-methyl/N-ethyl adjacent to an activating group) is 1. The van der Waals surface area contributed by atoms with Crippen LogP contribution in [0.2, 0.25) is 0 Å². The molecule has 0 spiro atoms. The molecule has 0 radical (unpaired) electrons. The average molecular weight is 468 g/mol. The Labute approximate surface area is 193 Å². The van der Waals surface area contributed by atoms with E-state index < -0.39 is 29.4 Å². The average Bonchev–Trinajstić information content (AvgIpc) is 3.08. The monoisotopic (exact) mass is 468 g/mol. The predicted molar refractivity (Wildman–Crippen MR) is 118 cm³/mol. The van der Waals surface area contributed by atoms with E-state index in [1.807, 2.05) is 11.8 Å². The lowest BCUT2D eigenvalue weighted by Gasteiger charge is -2.43. The molecule has 8 heteroatoms. The number of nitrogens with zero attached hydrogens (tertiary/aromatic N) is 2. The normalized spacial score (nSPS) is 20.2. The molecule has 0 saturated carbocycles. The SMILES string of the molecule is C=C1N(C)C(=O)C2=C(CC3=C(C(=O)c4ccccc43)C2c2cc(F)cc(C(F)(F)F)c2)N1CC. The van der Waals surface area contributed by atoms with Gasteiger partial charge in [-0.05, 0) is 41.8 Å². The molecular formula is C26H20F4N2O2. The third kappa shape index (κ3) is 3.04. The van der Waals surface area contributed by atoms with Crippen LogP contribution in [0.4, 0.5) is 17.6 Å². The fourth-order valence-electron chi connectivity index (χ4n) is 5.21. The number of alkyl halides is 3. The van der Waals surface area contributed by atoms with E-state index in [9.17, 15) is 27.2 Å². The smallest absolute Gasteiger partial charge is 0.331 e. The number of carbonyl (C=O) groups is 2. The van der Waals surface area contributed by atoms with Gasteiger partial charge in [0.25, 0.3) is 5.91 Å². The first-order valence-corrected chi connectivity index (χ1v) is 10.8. The van der Waals surface area contributed by atoms with E-state index in [2.05, 4.69) is 6.58 Å². The summed E-state index contributed by atoms with van der Waals surface area (Å²) >= 11 is 0. The van der Waals surface area contributed by atoms with Gasteiger partial charge in [0.2, 0.25) is 0 Å². The molecule has 2 aromatic carbocycles. The van der Waals surface area contributed by atoms with Crippen LogP contribution in [0.1, 0.15) is 46.3 Å². The Morgan fingerprint density at radius 2 is 1.74 bits per heavy atom. The van der Waals surface area contributed by atoms with Gasteiger partial charge in [-0.3, -0.25) is 14.5 Å². The van der Waals surface area contributed by atoms with E-state index in [1.54, 1.807) is 24.3 Å². The Morgan fingerprint density at radius 3 is 2.38 bits per heavy atom. The summed E-state index contributed by atoms with van der Waals surface area (Å²) in [4.78, 5) is 30.1. The first-order chi connectivity index (χ1) is 16.0. The lowest BCUT2D eigenvalue weighted by Crippen LogP contribution is -2.45. The summed E-state index contributed by atoms with van der Waals surface area (Å²) in [5.74, 6) is -2.63. The molecule has 1 unspecified atom stereocenters. The lowest BCUT2D eigenvalue weighted by atomic mass is 9.74. The van der Waals surface area contributed by atoms with Crippen LogP contribution in [-0.4, -0.2) is 35.1 Å². The second-order valence-corrected chi connectivity index (χ2v) is 8.53. The highest BCUT2D eigenvalue weighted by Gasteiger charge is 2.47. The summed E-state index contributed by atoms with van der Waals surface area (Å²) in [6.45, 7) is 6.32. The molecule has 0 aromatic heterocycles. The van der Waals surface area contributed by atoms with Gasteiger partial charge in [-0.15, -0.1) is 0 Å². The number of amides is 1. The largest absolute Gasteiger partial charge is 0.416 e. The quantitative estimate of drug-likeness (QED) is 0.547. The first kappa shape index (κ1) is 22.1. The van der Waals surface area contributed by atoms with Crippen LogP contribution >= 0.6 is 0 Å². The van der Waals surface area contributed by atoms with Gasteiger partial charge in [0.15, 0.2) is 5.78 Å². The minimum atomic E-state index is -4.79. The third-order valence-corrected chi connectivity index (χ3v) is 6.76. The zero-order valence-electron chi connectivity index (χ0n) is 18.5. The van der Waals surface area contributed by atoms with Crippen LogP contribution in [0.25, 0.3) is 5.57 Å². The third-order valence-electron chi connectivity index (χ3n) is 6.76. The number of hydrogen-bond acceptors (Lipinski definition) is 3. The van der Waals surface area contributed by atoms with Crippen molar-refractivity contribution >= 4 is 17.3 Å². The lowest BCUT2D eigenvalue weighted by molar-refractivity contribution is -0.137. The van der Waals surface area contributed by atoms with Crippen molar-refractivity contribution in [3.05, 3.63) is 99.8 Å². The summed E-state index contributed by atoms with van der Waals surface area (Å²) < 4.78 is 55.2. The number of carbonyl (C=O) groups excluding carboxylic acids is 2. The minimum absolute atomic E-state index is 0.0847. The van der Waals surface area contributed by atoms with Crippen molar-refractivity contribution in [2.24, 2.45) is 0 Å². The van der Waals surface area contributed by atoms with Crippen molar-refractivity contribution < 1.29 is 27.2 Å². The van der Waals surface area contributed by atoms with Crippen molar-refractivity contribution in [3.8, 4) is 0 Å². The molecule has 3 aliphatic rings. The molecule has 2 aromatic rings. The Hall–Kier alpha value is -3.68. The molecule has 4 nitrogen and oxygen atoms in total. The molecular weight excluding hydrogens is 448 g/mol. The van der Waals surface area contributed by atoms with Gasteiger partial charge < -0.3 is 4.90 Å². The summed E-state index contributed by atoms with van der Waals surface area (Å²) in [5, 5.41) is 0. The second kappa shape index (κ2) is 7.41. The Morgan fingerprint density at radius 1 is 1.06 bits per heavy atom. The van der Waals surface area contributed by atoms with Gasteiger partial charge in [-0.2, -0.15) is 13.2 Å². The van der Waals surface area contributed by atoms with E-state index in [1.165, 1.54) is 11.9 Å². The van der Waals surface area contributed by atoms with Crippen LogP contribution in [0.3, 0.4) is 0 Å². The van der Waals surface area contributed by atoms with Crippen LogP contribution < -0.4 is 0 Å². The van der Waals surface area contributed by atoms with Crippen LogP contribution in [0.15, 0.2) is 71.7 Å². The molecule has 174 valence electrons. The fourth-order valence-corrected chi connectivity index (χ4v) is 5.21. The number of hydrogen-bond donors (Lipinski definition) is 0. The Kier molecular flexibility index (Phi) is 4.83. The molecule has 0 saturated heterocycles. The van der Waals surface area contributed by atoms with Gasteiger partial charge in [0, 0.05) is 48.3 Å². The molecule has 0 fully saturated rings. The molecule has 1 aliphatic heterocycles. The van der Waals surface area contributed by atoms with Gasteiger partial charge in [-0.1, -0.05) is 30.8 Å². The highest BCUT2D eigenvalue weighted by Crippen LogP contribution is 2.53. The standard InChI is InChI=1S/C26H20F4N2O2/c1-4-32-13(2)31(3)25(34)23-20(32)12-19-17-7-5-6-8-18(17)24(33)22(19)21(23)14-9-15(26(28,29)30)11-16(27)10-14/h5-11,21H,2,4,12H2,1,3H3. The van der Waals surface area contributed by atoms with Crippen LogP contribution in [0, 0.1) is 5.82 Å². The highest BCUT2D eigenvalue weighted by atomic mass is 19.4. The Bertz CT molecular complexity index is 1350. The first-order valence-electron chi connectivity index (χ1n) is 10.8. The highest BCUT2D eigenvalue weighted by molar-refractivity contribution is 6.23. The molecule has 5 rings (SSSR count). The predicted octanol–water partition coefficient (Wildman–Crippen LogP) is 5.50. The molecule has 1 amide bonds. The maximum Gasteiger partial charge on any atom is 0.416 e. The number of rotatable bonds is 2. The van der Waals surface area contributed by atoms with Crippen molar-refractivity contribution in [2.45, 2.75) is 25.4 Å². The molecule has 34 heavy (non-hydrogen) atoms. The molecule has 0 bridgehead atoms. The summed E-state index contributed by atoms with van der Waals surface area (Å²) in [5.41, 5.74) is 1.46. The minimum Gasteiger partial charge on any atom is -0.331 e. The van der Waals surface area contributed by atoms with E-state index in [-0.39, 0.29) is 28.9 Å². The number of fused-ring (bicyclic) bond motifs is 2. The van der Waals surface area contributed by atoms with E-state index in [0.29, 0.717) is 40.8 Å². The maximum atomic E-state index is 14.5. The Balaban J connectivity index is 1.82. The van der Waals surface area contributed by atoms with Crippen LogP contribution in [0.5, 0.6) is 0 Å². The van der Waals surface area contributed by atoms with Crippen molar-refractivity contribution in [1.82, 2.24) is 9.80 Å². The summed E-state index contributed by atoms with van der Waals surface area (Å²) in [6.07, 6.45) is -4.54. The van der Waals surface area contributed by atoms with Gasteiger partial charge >= 0.3 is 6.18 Å². The van der Waals surface area contributed by atoms with E-state index >= 15 is 0 Å². The van der Waals surface area contributed by atoms with Gasteiger partial charge in [0.1, 0.15) is 11.6 Å². The number of Topliss-reactive ketones (excluding diaryl/α,β-unsaturated/α-hetero) is 1. The molecule has 0 N–H and O–H groups in total. The second-order valence-electron chi connectivity index (χ2n) is 8.53. The van der Waals surface area contributed by atoms with Gasteiger partial charge in [0.05, 0.1) is 5.56 Å². The molecule has 1 heterocycles. The maximum absolute atomic E-state index is 14.5. The number of halogens is 4. The number of benzene rings is 2. The molecule has 1 atom stereocenters. The topological polar surface area (TPSA) is 40.6 Å². The zero-order chi connectivity index (χ0) is 24.5. The fraction of sp³-hybridized carbons (Fsp3) is 0.231. The number of allylic oxidation sites excluding steroid dienone is 2. The zero-order valence-corrected chi connectivity index (χ0v) is 18.5. The van der Waals surface area contributed by atoms with E-state index in [4.69, 9.17) is 0 Å². The van der Waals surface area contributed by atoms with Gasteiger partial charge in [-0.25, -0.2) is 4.39 Å². The van der Waals surface area contributed by atoms with Crippen molar-refractivity contribution in [1.29, 1.82) is 0 Å². The van der Waals surface area contributed by atoms with Crippen molar-refractivity contribution in [2.75, 3.05) is 13.6 Å². The van der Waals surface area contributed by atoms with Crippen molar-refractivity contribution in [3.63, 3.8) is 0 Å².